The summed E-state index contributed by atoms with van der Waals surface area (Å²) in [5.41, 5.74) is -0.0125. The Labute approximate surface area is 158 Å². The molecule has 0 fully saturated rings. The smallest absolute Gasteiger partial charge is 0.417 e. The Bertz CT molecular complexity index is 1010. The lowest BCUT2D eigenvalue weighted by molar-refractivity contribution is -0.142. The molecule has 1 unspecified atom stereocenters. The molecule has 0 spiro atoms. The van der Waals surface area contributed by atoms with Gasteiger partial charge in [0.15, 0.2) is 0 Å². The fourth-order valence-electron chi connectivity index (χ4n) is 2.98. The minimum absolute atomic E-state index is 0.0789. The van der Waals surface area contributed by atoms with Crippen LogP contribution in [0.25, 0.3) is 0 Å². The molecule has 3 rings (SSSR count). The first-order chi connectivity index (χ1) is 12.5. The molecule has 0 amide bonds. The zero-order valence-corrected chi connectivity index (χ0v) is 15.1. The van der Waals surface area contributed by atoms with Crippen LogP contribution in [0.3, 0.4) is 0 Å². The van der Waals surface area contributed by atoms with Crippen LogP contribution < -0.4 is 0 Å². The number of rotatable bonds is 3. The highest BCUT2D eigenvalue weighted by molar-refractivity contribution is 7.89. The number of benzene rings is 2. The minimum atomic E-state index is -4.84. The maximum atomic E-state index is 13.1. The highest BCUT2D eigenvalue weighted by atomic mass is 35.5. The monoisotopic (exact) mass is 419 g/mol. The first-order valence-corrected chi connectivity index (χ1v) is 9.52. The second-order valence-corrected chi connectivity index (χ2v) is 8.31. The zero-order valence-electron chi connectivity index (χ0n) is 13.6. The number of fused-ring (bicyclic) bond motifs is 1. The van der Waals surface area contributed by atoms with Crippen molar-refractivity contribution in [2.45, 2.75) is 30.1 Å². The van der Waals surface area contributed by atoms with Gasteiger partial charge in [-0.05, 0) is 29.3 Å². The van der Waals surface area contributed by atoms with Crippen molar-refractivity contribution in [2.75, 3.05) is 0 Å². The number of halogens is 4. The van der Waals surface area contributed by atoms with E-state index < -0.39 is 43.7 Å². The lowest BCUT2D eigenvalue weighted by Gasteiger charge is -2.33. The fraction of sp³-hybridized carbons (Fsp3) is 0.235. The highest BCUT2D eigenvalue weighted by Gasteiger charge is 2.41. The number of nitrogens with zero attached hydrogens (tertiary/aromatic N) is 1. The van der Waals surface area contributed by atoms with E-state index in [1.54, 1.807) is 24.3 Å². The topological polar surface area (TPSA) is 74.7 Å². The number of carbonyl (C=O) groups is 1. The minimum Gasteiger partial charge on any atom is -0.480 e. The molecular formula is C17H13ClF3NO4S. The van der Waals surface area contributed by atoms with Crippen molar-refractivity contribution < 1.29 is 31.5 Å². The van der Waals surface area contributed by atoms with Gasteiger partial charge in [-0.2, -0.15) is 17.5 Å². The second kappa shape index (κ2) is 6.81. The molecule has 0 radical (unpaired) electrons. The molecule has 0 saturated carbocycles. The number of alkyl halides is 3. The maximum Gasteiger partial charge on any atom is 0.417 e. The summed E-state index contributed by atoms with van der Waals surface area (Å²) in [6.07, 6.45) is -4.92. The average molecular weight is 420 g/mol. The summed E-state index contributed by atoms with van der Waals surface area (Å²) >= 11 is 5.54. The van der Waals surface area contributed by atoms with E-state index in [4.69, 9.17) is 11.6 Å². The summed E-state index contributed by atoms with van der Waals surface area (Å²) in [5.74, 6) is -1.38. The number of hydrogen-bond acceptors (Lipinski definition) is 3. The average Bonchev–Trinajstić information content (AvgIpc) is 2.59. The third-order valence-corrected chi connectivity index (χ3v) is 6.52. The normalized spacial score (nSPS) is 18.1. The molecule has 10 heteroatoms. The van der Waals surface area contributed by atoms with E-state index in [1.165, 1.54) is 0 Å². The Morgan fingerprint density at radius 3 is 2.37 bits per heavy atom. The Hall–Kier alpha value is -2.10. The quantitative estimate of drug-likeness (QED) is 0.825. The molecule has 27 heavy (non-hydrogen) atoms. The van der Waals surface area contributed by atoms with Gasteiger partial charge in [-0.15, -0.1) is 0 Å². The largest absolute Gasteiger partial charge is 0.480 e. The molecule has 2 aromatic carbocycles. The van der Waals surface area contributed by atoms with Gasteiger partial charge in [0.1, 0.15) is 6.04 Å². The number of aliphatic carboxylic acids is 1. The Balaban J connectivity index is 2.10. The molecule has 144 valence electrons. The van der Waals surface area contributed by atoms with Crippen molar-refractivity contribution in [3.8, 4) is 0 Å². The summed E-state index contributed by atoms with van der Waals surface area (Å²) < 4.78 is 65.8. The molecule has 0 bridgehead atoms. The van der Waals surface area contributed by atoms with Crippen molar-refractivity contribution in [1.82, 2.24) is 4.31 Å². The van der Waals surface area contributed by atoms with Gasteiger partial charge in [0.05, 0.1) is 15.5 Å². The lowest BCUT2D eigenvalue weighted by atomic mass is 9.96. The van der Waals surface area contributed by atoms with Crippen LogP contribution in [-0.2, 0) is 34.0 Å². The Morgan fingerprint density at radius 1 is 1.15 bits per heavy atom. The van der Waals surface area contributed by atoms with Crippen LogP contribution in [0.2, 0.25) is 5.02 Å². The molecule has 1 aliphatic rings. The molecular weight excluding hydrogens is 407 g/mol. The van der Waals surface area contributed by atoms with Crippen molar-refractivity contribution in [2.24, 2.45) is 0 Å². The van der Waals surface area contributed by atoms with Gasteiger partial charge < -0.3 is 5.11 Å². The third-order valence-electron chi connectivity index (χ3n) is 4.34. The van der Waals surface area contributed by atoms with Crippen molar-refractivity contribution in [1.29, 1.82) is 0 Å². The molecule has 5 nitrogen and oxygen atoms in total. The number of sulfonamides is 1. The van der Waals surface area contributed by atoms with Crippen molar-refractivity contribution >= 4 is 27.6 Å². The molecule has 0 saturated heterocycles. The van der Waals surface area contributed by atoms with Crippen molar-refractivity contribution in [3.63, 3.8) is 0 Å². The van der Waals surface area contributed by atoms with E-state index in [1.807, 2.05) is 0 Å². The first-order valence-electron chi connectivity index (χ1n) is 7.70. The number of carboxylic acids is 1. The Kier molecular flexibility index (Phi) is 4.96. The fourth-order valence-corrected chi connectivity index (χ4v) is 4.79. The van der Waals surface area contributed by atoms with Crippen LogP contribution in [-0.4, -0.2) is 29.8 Å². The lowest BCUT2D eigenvalue weighted by Crippen LogP contribution is -2.48. The van der Waals surface area contributed by atoms with Gasteiger partial charge >= 0.3 is 12.1 Å². The van der Waals surface area contributed by atoms with E-state index in [2.05, 4.69) is 0 Å². The Morgan fingerprint density at radius 2 is 1.78 bits per heavy atom. The van der Waals surface area contributed by atoms with Crippen LogP contribution in [0.15, 0.2) is 47.4 Å². The van der Waals surface area contributed by atoms with Crippen molar-refractivity contribution in [3.05, 3.63) is 64.2 Å². The van der Waals surface area contributed by atoms with E-state index in [0.717, 1.165) is 12.1 Å². The van der Waals surface area contributed by atoms with Gasteiger partial charge in [-0.25, -0.2) is 8.42 Å². The van der Waals surface area contributed by atoms with Gasteiger partial charge in [-0.1, -0.05) is 35.9 Å². The summed E-state index contributed by atoms with van der Waals surface area (Å²) in [5, 5.41) is 8.83. The van der Waals surface area contributed by atoms with Gasteiger partial charge in [-0.3, -0.25) is 4.79 Å². The zero-order chi connectivity index (χ0) is 20.0. The van der Waals surface area contributed by atoms with Crippen LogP contribution in [0.4, 0.5) is 13.2 Å². The summed E-state index contributed by atoms with van der Waals surface area (Å²) in [6, 6.07) is 7.51. The summed E-state index contributed by atoms with van der Waals surface area (Å²) in [7, 11) is -4.50. The maximum absolute atomic E-state index is 13.1. The van der Waals surface area contributed by atoms with E-state index in [0.29, 0.717) is 21.5 Å². The molecule has 1 N–H and O–H groups in total. The van der Waals surface area contributed by atoms with E-state index >= 15 is 0 Å². The second-order valence-electron chi connectivity index (χ2n) is 6.02. The van der Waals surface area contributed by atoms with Crippen LogP contribution in [0, 0.1) is 0 Å². The number of carboxylic acid groups (broad SMARTS) is 1. The SMILES string of the molecule is O=C(O)C1Cc2ccccc2CN1S(=O)(=O)c1ccc(Cl)c(C(F)(F)F)c1. The summed E-state index contributed by atoms with van der Waals surface area (Å²) in [4.78, 5) is 11.0. The van der Waals surface area contributed by atoms with E-state index in [-0.39, 0.29) is 13.0 Å². The van der Waals surface area contributed by atoms with Crippen LogP contribution in [0.5, 0.6) is 0 Å². The molecule has 1 heterocycles. The van der Waals surface area contributed by atoms with Crippen LogP contribution in [0.1, 0.15) is 16.7 Å². The first kappa shape index (κ1) is 19.7. The van der Waals surface area contributed by atoms with Gasteiger partial charge in [0.25, 0.3) is 0 Å². The standard InChI is InChI=1S/C17H13ClF3NO4S/c18-14-6-5-12(8-13(14)17(19,20)21)27(25,26)22-9-11-4-2-1-3-10(11)7-15(22)16(23)24/h1-6,8,15H,7,9H2,(H,23,24). The molecule has 2 aromatic rings. The van der Waals surface area contributed by atoms with E-state index in [9.17, 15) is 31.5 Å². The predicted molar refractivity (Wildman–Crippen MR) is 90.8 cm³/mol. The highest BCUT2D eigenvalue weighted by Crippen LogP contribution is 2.37. The number of hydrogen-bond donors (Lipinski definition) is 1. The summed E-state index contributed by atoms with van der Waals surface area (Å²) in [6.45, 7) is -0.251. The van der Waals surface area contributed by atoms with Gasteiger partial charge in [0.2, 0.25) is 10.0 Å². The molecule has 1 atom stereocenters. The third kappa shape index (κ3) is 3.67. The molecule has 0 aliphatic carbocycles. The van der Waals surface area contributed by atoms with Crippen LogP contribution >= 0.6 is 11.6 Å². The van der Waals surface area contributed by atoms with Gasteiger partial charge in [0, 0.05) is 13.0 Å². The molecule has 1 aliphatic heterocycles. The molecule has 0 aromatic heterocycles. The predicted octanol–water partition coefficient (Wildman–Crippen LogP) is 3.56.